The quantitative estimate of drug-likeness (QED) is 0.789. The molecule has 20 heavy (non-hydrogen) atoms. The van der Waals surface area contributed by atoms with Gasteiger partial charge in [-0.25, -0.2) is 17.5 Å². The molecule has 0 amide bonds. The van der Waals surface area contributed by atoms with Crippen molar-refractivity contribution in [2.75, 3.05) is 25.7 Å². The summed E-state index contributed by atoms with van der Waals surface area (Å²) in [5.41, 5.74) is -1.19. The number of rotatable bonds is 7. The molecular formula is C12H18FNO4S2. The minimum atomic E-state index is -3.96. The summed E-state index contributed by atoms with van der Waals surface area (Å²) >= 11 is 1.40. The molecule has 0 spiro atoms. The maximum Gasteiger partial charge on any atom is 0.244 e. The fourth-order valence-electron chi connectivity index (χ4n) is 1.55. The Hall–Kier alpha value is -0.830. The van der Waals surface area contributed by atoms with E-state index in [-0.39, 0.29) is 17.2 Å². The van der Waals surface area contributed by atoms with Crippen LogP contribution in [0, 0.1) is 5.82 Å². The first-order valence-corrected chi connectivity index (χ1v) is 8.64. The molecular weight excluding hydrogens is 305 g/mol. The average Bonchev–Trinajstić information content (AvgIpc) is 2.37. The van der Waals surface area contributed by atoms with Gasteiger partial charge in [0.05, 0.1) is 12.7 Å². The molecule has 0 heterocycles. The first-order chi connectivity index (χ1) is 9.22. The number of methoxy groups -OCH3 is 1. The van der Waals surface area contributed by atoms with E-state index in [0.717, 1.165) is 12.1 Å². The molecule has 0 aromatic heterocycles. The van der Waals surface area contributed by atoms with Gasteiger partial charge in [0.15, 0.2) is 0 Å². The molecule has 1 aromatic carbocycles. The summed E-state index contributed by atoms with van der Waals surface area (Å²) in [6.07, 6.45) is 1.80. The normalized spacial score (nSPS) is 14.8. The molecule has 0 saturated carbocycles. The number of hydrogen-bond acceptors (Lipinski definition) is 5. The van der Waals surface area contributed by atoms with Gasteiger partial charge in [0.2, 0.25) is 10.0 Å². The van der Waals surface area contributed by atoms with E-state index in [0.29, 0.717) is 5.75 Å². The first kappa shape index (κ1) is 17.2. The highest BCUT2D eigenvalue weighted by molar-refractivity contribution is 7.98. The lowest BCUT2D eigenvalue weighted by atomic mass is 10.1. The topological polar surface area (TPSA) is 75.6 Å². The summed E-state index contributed by atoms with van der Waals surface area (Å²) in [7, 11) is -2.66. The maximum absolute atomic E-state index is 13.2. The number of thioether (sulfide) groups is 1. The van der Waals surface area contributed by atoms with Crippen molar-refractivity contribution < 1.29 is 22.7 Å². The predicted molar refractivity (Wildman–Crippen MR) is 77.1 cm³/mol. The smallest absolute Gasteiger partial charge is 0.244 e. The van der Waals surface area contributed by atoms with Crippen LogP contribution in [0.3, 0.4) is 0 Å². The van der Waals surface area contributed by atoms with Gasteiger partial charge in [-0.15, -0.1) is 0 Å². The predicted octanol–water partition coefficient (Wildman–Crippen LogP) is 1.23. The Balaban J connectivity index is 2.97. The van der Waals surface area contributed by atoms with Crippen molar-refractivity contribution >= 4 is 21.8 Å². The van der Waals surface area contributed by atoms with Crippen LogP contribution in [0.2, 0.25) is 0 Å². The largest absolute Gasteiger partial charge is 0.495 e. The molecule has 5 nitrogen and oxygen atoms in total. The summed E-state index contributed by atoms with van der Waals surface area (Å²) < 4.78 is 44.7. The summed E-state index contributed by atoms with van der Waals surface area (Å²) in [5.74, 6) is -0.263. The van der Waals surface area contributed by atoms with E-state index in [4.69, 9.17) is 4.74 Å². The molecule has 0 aliphatic heterocycles. The van der Waals surface area contributed by atoms with Gasteiger partial charge in [0.1, 0.15) is 16.5 Å². The molecule has 2 N–H and O–H groups in total. The van der Waals surface area contributed by atoms with Gasteiger partial charge in [-0.3, -0.25) is 0 Å². The maximum atomic E-state index is 13.2. The number of ether oxygens (including phenoxy) is 1. The standard InChI is InChI=1S/C12H18FNO4S2/c1-12(15,8-19-3)7-14-20(16,17)11-6-9(13)4-5-10(11)18-2/h4-6,14-15H,7-8H2,1-3H3/t12-/m0/s1. The van der Waals surface area contributed by atoms with Crippen LogP contribution in [0.25, 0.3) is 0 Å². The second-order valence-corrected chi connectivity index (χ2v) is 7.15. The van der Waals surface area contributed by atoms with E-state index in [2.05, 4.69) is 4.72 Å². The molecule has 0 fully saturated rings. The molecule has 114 valence electrons. The van der Waals surface area contributed by atoms with Crippen LogP contribution in [-0.2, 0) is 10.0 Å². The average molecular weight is 323 g/mol. The van der Waals surface area contributed by atoms with Gasteiger partial charge < -0.3 is 9.84 Å². The summed E-state index contributed by atoms with van der Waals surface area (Å²) in [5, 5.41) is 9.95. The highest BCUT2D eigenvalue weighted by Gasteiger charge is 2.26. The zero-order chi connectivity index (χ0) is 15.4. The summed E-state index contributed by atoms with van der Waals surface area (Å²) in [6.45, 7) is 1.35. The first-order valence-electron chi connectivity index (χ1n) is 5.76. The Morgan fingerprint density at radius 1 is 1.50 bits per heavy atom. The van der Waals surface area contributed by atoms with Crippen LogP contribution in [0.15, 0.2) is 23.1 Å². The van der Waals surface area contributed by atoms with Crippen LogP contribution >= 0.6 is 11.8 Å². The molecule has 1 rings (SSSR count). The van der Waals surface area contributed by atoms with E-state index >= 15 is 0 Å². The minimum Gasteiger partial charge on any atom is -0.495 e. The van der Waals surface area contributed by atoms with Crippen LogP contribution < -0.4 is 9.46 Å². The van der Waals surface area contributed by atoms with Crippen molar-refractivity contribution in [3.05, 3.63) is 24.0 Å². The lowest BCUT2D eigenvalue weighted by Gasteiger charge is -2.22. The Bertz CT molecular complexity index is 561. The molecule has 0 aliphatic rings. The lowest BCUT2D eigenvalue weighted by Crippen LogP contribution is -2.42. The number of aliphatic hydroxyl groups is 1. The molecule has 1 aromatic rings. The monoisotopic (exact) mass is 323 g/mol. The number of nitrogens with one attached hydrogen (secondary N) is 1. The van der Waals surface area contributed by atoms with Crippen LogP contribution in [0.1, 0.15) is 6.92 Å². The van der Waals surface area contributed by atoms with E-state index < -0.39 is 21.4 Å². The fraction of sp³-hybridized carbons (Fsp3) is 0.500. The Labute approximate surface area is 122 Å². The van der Waals surface area contributed by atoms with Crippen molar-refractivity contribution in [1.29, 1.82) is 0 Å². The van der Waals surface area contributed by atoms with Crippen LogP contribution in [0.4, 0.5) is 4.39 Å². The van der Waals surface area contributed by atoms with Gasteiger partial charge in [0.25, 0.3) is 0 Å². The van der Waals surface area contributed by atoms with Crippen LogP contribution in [0.5, 0.6) is 5.75 Å². The highest BCUT2D eigenvalue weighted by atomic mass is 32.2. The second kappa shape index (κ2) is 6.75. The molecule has 8 heteroatoms. The number of benzene rings is 1. The van der Waals surface area contributed by atoms with Crippen molar-refractivity contribution in [1.82, 2.24) is 4.72 Å². The lowest BCUT2D eigenvalue weighted by molar-refractivity contribution is 0.0908. The molecule has 0 bridgehead atoms. The number of hydrogen-bond donors (Lipinski definition) is 2. The number of halogens is 1. The fourth-order valence-corrected chi connectivity index (χ4v) is 3.62. The van der Waals surface area contributed by atoms with Crippen LogP contribution in [-0.4, -0.2) is 44.8 Å². The van der Waals surface area contributed by atoms with Crippen molar-refractivity contribution in [3.8, 4) is 5.75 Å². The summed E-state index contributed by atoms with van der Waals surface area (Å²) in [6, 6.07) is 3.23. The minimum absolute atomic E-state index is 0.0448. The third kappa shape index (κ3) is 4.62. The molecule has 0 radical (unpaired) electrons. The summed E-state index contributed by atoms with van der Waals surface area (Å²) in [4.78, 5) is -0.292. The van der Waals surface area contributed by atoms with Crippen molar-refractivity contribution in [2.45, 2.75) is 17.4 Å². The second-order valence-electron chi connectivity index (χ2n) is 4.55. The third-order valence-electron chi connectivity index (χ3n) is 2.51. The Morgan fingerprint density at radius 3 is 2.70 bits per heavy atom. The zero-order valence-electron chi connectivity index (χ0n) is 11.5. The van der Waals surface area contributed by atoms with Gasteiger partial charge in [0, 0.05) is 12.3 Å². The molecule has 0 saturated heterocycles. The Morgan fingerprint density at radius 2 is 2.15 bits per heavy atom. The van der Waals surface area contributed by atoms with E-state index in [1.807, 2.05) is 0 Å². The highest BCUT2D eigenvalue weighted by Crippen LogP contribution is 2.24. The van der Waals surface area contributed by atoms with E-state index in [1.54, 1.807) is 6.26 Å². The Kier molecular flexibility index (Phi) is 5.81. The van der Waals surface area contributed by atoms with Gasteiger partial charge >= 0.3 is 0 Å². The molecule has 0 aliphatic carbocycles. The number of sulfonamides is 1. The van der Waals surface area contributed by atoms with Gasteiger partial charge in [-0.05, 0) is 31.4 Å². The molecule has 0 unspecified atom stereocenters. The zero-order valence-corrected chi connectivity index (χ0v) is 13.1. The van der Waals surface area contributed by atoms with Gasteiger partial charge in [-0.2, -0.15) is 11.8 Å². The van der Waals surface area contributed by atoms with Crippen molar-refractivity contribution in [2.24, 2.45) is 0 Å². The van der Waals surface area contributed by atoms with Crippen molar-refractivity contribution in [3.63, 3.8) is 0 Å². The SMILES string of the molecule is COc1ccc(F)cc1S(=O)(=O)NC[C@](C)(O)CSC. The van der Waals surface area contributed by atoms with E-state index in [9.17, 15) is 17.9 Å². The third-order valence-corrected chi connectivity index (χ3v) is 4.85. The van der Waals surface area contributed by atoms with Gasteiger partial charge in [-0.1, -0.05) is 0 Å². The van der Waals surface area contributed by atoms with E-state index in [1.165, 1.54) is 31.9 Å². The molecule has 1 atom stereocenters.